The molecule has 0 bridgehead atoms. The van der Waals surface area contributed by atoms with Crippen molar-refractivity contribution in [1.29, 1.82) is 0 Å². The SMILES string of the molecule is CCCCCCCCc1ccc(N(c2ccc(CCCCCCCC)cc2)c2cc3sc(Br)cc3s2)cc1. The number of halogens is 1. The number of fused-ring (bicyclic) bond motifs is 1. The molecular weight excluding hydrogens is 566 g/mol. The summed E-state index contributed by atoms with van der Waals surface area (Å²) >= 11 is 7.35. The third kappa shape index (κ3) is 8.69. The molecule has 4 heteroatoms. The molecule has 0 aliphatic rings. The van der Waals surface area contributed by atoms with Crippen LogP contribution >= 0.6 is 38.6 Å². The molecule has 0 N–H and O–H groups in total. The van der Waals surface area contributed by atoms with E-state index in [0.717, 1.165) is 0 Å². The van der Waals surface area contributed by atoms with Gasteiger partial charge in [-0.2, -0.15) is 0 Å². The Bertz CT molecular complexity index is 1110. The molecule has 4 aromatic rings. The number of aryl methyl sites for hydroxylation is 2. The van der Waals surface area contributed by atoms with Crippen LogP contribution in [-0.4, -0.2) is 0 Å². The Hall–Kier alpha value is -1.62. The normalized spacial score (nSPS) is 11.4. The van der Waals surface area contributed by atoms with Gasteiger partial charge in [0.05, 0.1) is 3.79 Å². The highest BCUT2D eigenvalue weighted by molar-refractivity contribution is 9.11. The van der Waals surface area contributed by atoms with Gasteiger partial charge in [0.25, 0.3) is 0 Å². The van der Waals surface area contributed by atoms with E-state index in [2.05, 4.69) is 95.3 Å². The number of hydrogen-bond acceptors (Lipinski definition) is 3. The van der Waals surface area contributed by atoms with Crippen LogP contribution in [0.4, 0.5) is 16.4 Å². The molecule has 2 aromatic carbocycles. The van der Waals surface area contributed by atoms with E-state index in [-0.39, 0.29) is 0 Å². The van der Waals surface area contributed by atoms with Crippen molar-refractivity contribution in [2.24, 2.45) is 0 Å². The van der Waals surface area contributed by atoms with Gasteiger partial charge < -0.3 is 4.90 Å². The van der Waals surface area contributed by atoms with Gasteiger partial charge in [-0.3, -0.25) is 0 Å². The summed E-state index contributed by atoms with van der Waals surface area (Å²) in [5.74, 6) is 0. The summed E-state index contributed by atoms with van der Waals surface area (Å²) in [5, 5.41) is 1.28. The van der Waals surface area contributed by atoms with Crippen molar-refractivity contribution in [2.45, 2.75) is 104 Å². The predicted octanol–water partition coefficient (Wildman–Crippen LogP) is 13.0. The molecule has 0 aliphatic carbocycles. The number of nitrogens with zero attached hydrogens (tertiary/aromatic N) is 1. The third-order valence-corrected chi connectivity index (χ3v) is 10.2. The fraction of sp³-hybridized carbons (Fsp3) is 0.471. The number of unbranched alkanes of at least 4 members (excludes halogenated alkanes) is 10. The molecule has 0 unspecified atom stereocenters. The largest absolute Gasteiger partial charge is 0.302 e. The van der Waals surface area contributed by atoms with Crippen LogP contribution in [0, 0.1) is 0 Å². The molecule has 0 fully saturated rings. The average Bonchev–Trinajstić information content (AvgIpc) is 3.47. The maximum absolute atomic E-state index is 3.66. The molecule has 4 rings (SSSR count). The quantitative estimate of drug-likeness (QED) is 0.108. The van der Waals surface area contributed by atoms with Crippen LogP contribution in [0.15, 0.2) is 64.5 Å². The monoisotopic (exact) mass is 609 g/mol. The molecule has 204 valence electrons. The van der Waals surface area contributed by atoms with Crippen LogP contribution in [0.3, 0.4) is 0 Å². The number of hydrogen-bond donors (Lipinski definition) is 0. The summed E-state index contributed by atoms with van der Waals surface area (Å²) in [7, 11) is 0. The molecule has 0 aliphatic heterocycles. The van der Waals surface area contributed by atoms with Crippen molar-refractivity contribution < 1.29 is 0 Å². The Balaban J connectivity index is 1.45. The van der Waals surface area contributed by atoms with E-state index >= 15 is 0 Å². The fourth-order valence-corrected chi connectivity index (χ4v) is 8.21. The third-order valence-electron chi connectivity index (χ3n) is 7.41. The topological polar surface area (TPSA) is 3.24 Å². The molecule has 0 saturated carbocycles. The summed E-state index contributed by atoms with van der Waals surface area (Å²) in [5.41, 5.74) is 5.39. The molecular formula is C34H44BrNS2. The Morgan fingerprint density at radius 3 is 1.47 bits per heavy atom. The number of anilines is 3. The molecule has 2 heterocycles. The first kappa shape index (κ1) is 29.4. The number of benzene rings is 2. The number of rotatable bonds is 17. The second-order valence-electron chi connectivity index (χ2n) is 10.6. The predicted molar refractivity (Wildman–Crippen MR) is 176 cm³/mol. The second-order valence-corrected chi connectivity index (χ2v) is 14.1. The van der Waals surface area contributed by atoms with E-state index in [9.17, 15) is 0 Å². The Labute approximate surface area is 247 Å². The van der Waals surface area contributed by atoms with Gasteiger partial charge in [0.2, 0.25) is 0 Å². The van der Waals surface area contributed by atoms with Crippen molar-refractivity contribution in [2.75, 3.05) is 4.90 Å². The van der Waals surface area contributed by atoms with Crippen molar-refractivity contribution in [1.82, 2.24) is 0 Å². The maximum atomic E-state index is 3.66. The summed E-state index contributed by atoms with van der Waals surface area (Å²) in [6, 6.07) is 23.2. The lowest BCUT2D eigenvalue weighted by Gasteiger charge is -2.24. The van der Waals surface area contributed by atoms with E-state index in [1.54, 1.807) is 0 Å². The first-order valence-electron chi connectivity index (χ1n) is 14.8. The van der Waals surface area contributed by atoms with Gasteiger partial charge in [-0.1, -0.05) is 102 Å². The second kappa shape index (κ2) is 15.8. The average molecular weight is 611 g/mol. The first-order valence-corrected chi connectivity index (χ1v) is 17.3. The van der Waals surface area contributed by atoms with Crippen molar-refractivity contribution in [3.8, 4) is 0 Å². The highest BCUT2D eigenvalue weighted by Crippen LogP contribution is 2.45. The van der Waals surface area contributed by atoms with Gasteiger partial charge in [-0.25, -0.2) is 0 Å². The van der Waals surface area contributed by atoms with Gasteiger partial charge >= 0.3 is 0 Å². The number of thiophene rings is 2. The Morgan fingerprint density at radius 1 is 0.553 bits per heavy atom. The van der Waals surface area contributed by atoms with E-state index in [0.29, 0.717) is 0 Å². The van der Waals surface area contributed by atoms with Crippen molar-refractivity contribution in [3.05, 3.63) is 75.6 Å². The lowest BCUT2D eigenvalue weighted by atomic mass is 10.0. The van der Waals surface area contributed by atoms with Crippen molar-refractivity contribution >= 4 is 64.4 Å². The highest BCUT2D eigenvalue weighted by atomic mass is 79.9. The maximum Gasteiger partial charge on any atom is 0.102 e. The molecule has 0 amide bonds. The van der Waals surface area contributed by atoms with Crippen LogP contribution < -0.4 is 4.90 Å². The van der Waals surface area contributed by atoms with Crippen molar-refractivity contribution in [3.63, 3.8) is 0 Å². The van der Waals surface area contributed by atoms with E-state index in [1.807, 2.05) is 22.7 Å². The Kier molecular flexibility index (Phi) is 12.2. The molecule has 1 nitrogen and oxygen atoms in total. The van der Waals surface area contributed by atoms with Gasteiger partial charge in [-0.05, 0) is 89.1 Å². The van der Waals surface area contributed by atoms with E-state index in [4.69, 9.17) is 0 Å². The minimum Gasteiger partial charge on any atom is -0.302 e. The lowest BCUT2D eigenvalue weighted by molar-refractivity contribution is 0.607. The zero-order valence-electron chi connectivity index (χ0n) is 23.3. The zero-order valence-corrected chi connectivity index (χ0v) is 26.5. The molecule has 0 spiro atoms. The molecule has 0 atom stereocenters. The van der Waals surface area contributed by atoms with Crippen LogP contribution in [0.25, 0.3) is 9.40 Å². The van der Waals surface area contributed by atoms with Gasteiger partial charge in [-0.15, -0.1) is 22.7 Å². The zero-order chi connectivity index (χ0) is 26.6. The summed E-state index contributed by atoms with van der Waals surface area (Å²) in [6.07, 6.45) is 18.6. The molecule has 38 heavy (non-hydrogen) atoms. The van der Waals surface area contributed by atoms with Crippen LogP contribution in [0.5, 0.6) is 0 Å². The fourth-order valence-electron chi connectivity index (χ4n) is 5.15. The highest BCUT2D eigenvalue weighted by Gasteiger charge is 2.17. The molecule has 0 radical (unpaired) electrons. The Morgan fingerprint density at radius 2 is 1.00 bits per heavy atom. The minimum atomic E-state index is 1.18. The summed E-state index contributed by atoms with van der Waals surface area (Å²) < 4.78 is 3.90. The van der Waals surface area contributed by atoms with E-state index < -0.39 is 0 Å². The molecule has 0 saturated heterocycles. The summed E-state index contributed by atoms with van der Waals surface area (Å²) in [4.78, 5) is 2.44. The van der Waals surface area contributed by atoms with Gasteiger partial charge in [0.1, 0.15) is 5.00 Å². The van der Waals surface area contributed by atoms with Crippen LogP contribution in [0.2, 0.25) is 0 Å². The molecule has 2 aromatic heterocycles. The van der Waals surface area contributed by atoms with Crippen LogP contribution in [0.1, 0.15) is 102 Å². The van der Waals surface area contributed by atoms with Gasteiger partial charge in [0, 0.05) is 20.8 Å². The standard InChI is InChI=1S/C34H44BrNS2/c1-3-5-7-9-11-13-15-27-17-21-29(22-18-27)36(34-26-32-31(38-34)25-33(35)37-32)30-23-19-28(20-24-30)16-14-12-10-8-6-4-2/h17-26H,3-16H2,1-2H3. The van der Waals surface area contributed by atoms with E-state index in [1.165, 1.54) is 131 Å². The van der Waals surface area contributed by atoms with Gasteiger partial charge in [0.15, 0.2) is 0 Å². The summed E-state index contributed by atoms with van der Waals surface area (Å²) in [6.45, 7) is 4.57. The minimum absolute atomic E-state index is 1.18. The smallest absolute Gasteiger partial charge is 0.102 e. The first-order chi connectivity index (χ1) is 18.7. The van der Waals surface area contributed by atoms with Crippen LogP contribution in [-0.2, 0) is 12.8 Å². The lowest BCUT2D eigenvalue weighted by Crippen LogP contribution is -2.08.